The lowest BCUT2D eigenvalue weighted by atomic mass is 9.86. The summed E-state index contributed by atoms with van der Waals surface area (Å²) in [6, 6.07) is 9.17. The highest BCUT2D eigenvalue weighted by atomic mass is 32.2. The second kappa shape index (κ2) is 8.78. The first-order valence-corrected chi connectivity index (χ1v) is 10.1. The van der Waals surface area contributed by atoms with Gasteiger partial charge in [-0.15, -0.1) is 10.6 Å². The van der Waals surface area contributed by atoms with Gasteiger partial charge in [0.15, 0.2) is 5.84 Å². The Morgan fingerprint density at radius 1 is 1.20 bits per heavy atom. The van der Waals surface area contributed by atoms with Gasteiger partial charge < -0.3 is 5.32 Å². The average molecular weight is 363 g/mol. The molecule has 1 aromatic carbocycles. The van der Waals surface area contributed by atoms with Gasteiger partial charge in [0.1, 0.15) is 0 Å². The lowest BCUT2D eigenvalue weighted by molar-refractivity contribution is 0.328. The smallest absolute Gasteiger partial charge is 0.172 e. The molecule has 1 heterocycles. The minimum atomic E-state index is 0.656. The number of rotatable bonds is 7. The summed E-state index contributed by atoms with van der Waals surface area (Å²) in [7, 11) is 1.94. The molecule has 0 atom stereocenters. The standard InChI is InChI=1S/C18H30N6S/c1-13(2)25-21-17-8-4-14(5-9-17)12-19-16-10-6-15(7-11-16)18-20-22-23-24(18)3/h6-7,10-11,13-14,17,19,21-23H,4-5,8-9,12H2,1-3H3. The number of hydrazine groups is 2. The molecule has 0 amide bonds. The second-order valence-electron chi connectivity index (χ2n) is 7.18. The zero-order chi connectivity index (χ0) is 17.6. The number of hydrogen-bond donors (Lipinski definition) is 4. The summed E-state index contributed by atoms with van der Waals surface area (Å²) < 4.78 is 3.62. The van der Waals surface area contributed by atoms with Gasteiger partial charge in [-0.25, -0.2) is 5.53 Å². The van der Waals surface area contributed by atoms with Gasteiger partial charge in [-0.3, -0.25) is 9.73 Å². The Kier molecular flexibility index (Phi) is 6.45. The number of hydrogen-bond acceptors (Lipinski definition) is 7. The first-order chi connectivity index (χ1) is 12.1. The maximum absolute atomic E-state index is 4.22. The summed E-state index contributed by atoms with van der Waals surface area (Å²) in [5.74, 6) is 1.68. The normalized spacial score (nSPS) is 23.5. The highest BCUT2D eigenvalue weighted by Gasteiger charge is 2.21. The first kappa shape index (κ1) is 18.4. The van der Waals surface area contributed by atoms with Gasteiger partial charge in [0.25, 0.3) is 0 Å². The van der Waals surface area contributed by atoms with Gasteiger partial charge in [-0.2, -0.15) is 0 Å². The molecule has 0 saturated heterocycles. The molecule has 25 heavy (non-hydrogen) atoms. The monoisotopic (exact) mass is 362 g/mol. The summed E-state index contributed by atoms with van der Waals surface area (Å²) in [5.41, 5.74) is 7.97. The third kappa shape index (κ3) is 5.26. The van der Waals surface area contributed by atoms with Gasteiger partial charge in [0.2, 0.25) is 0 Å². The maximum atomic E-state index is 4.22. The van der Waals surface area contributed by atoms with Crippen molar-refractivity contribution in [2.45, 2.75) is 50.8 Å². The Morgan fingerprint density at radius 3 is 2.52 bits per heavy atom. The average Bonchev–Trinajstić information content (AvgIpc) is 3.05. The Bertz CT molecular complexity index is 565. The summed E-state index contributed by atoms with van der Waals surface area (Å²) in [6.07, 6.45) is 5.19. The summed E-state index contributed by atoms with van der Waals surface area (Å²) in [6.45, 7) is 5.54. The van der Waals surface area contributed by atoms with Crippen LogP contribution in [0.2, 0.25) is 0 Å². The molecule has 0 bridgehead atoms. The summed E-state index contributed by atoms with van der Waals surface area (Å²) in [4.78, 5) is 0. The van der Waals surface area contributed by atoms with Crippen molar-refractivity contribution in [3.05, 3.63) is 29.8 Å². The predicted octanol–water partition coefficient (Wildman–Crippen LogP) is 2.92. The lowest BCUT2D eigenvalue weighted by Gasteiger charge is -2.29. The fourth-order valence-electron chi connectivity index (χ4n) is 3.26. The molecule has 0 radical (unpaired) electrons. The van der Waals surface area contributed by atoms with Gasteiger partial charge in [-0.1, -0.05) is 25.8 Å². The van der Waals surface area contributed by atoms with Crippen molar-refractivity contribution in [3.63, 3.8) is 0 Å². The number of hydrazone groups is 1. The zero-order valence-electron chi connectivity index (χ0n) is 15.4. The second-order valence-corrected chi connectivity index (χ2v) is 8.59. The van der Waals surface area contributed by atoms with Gasteiger partial charge in [0.05, 0.1) is 0 Å². The molecule has 4 N–H and O–H groups in total. The fraction of sp³-hybridized carbons (Fsp3) is 0.611. The Labute approximate surface area is 155 Å². The molecule has 1 aromatic rings. The third-order valence-corrected chi connectivity index (χ3v) is 5.69. The predicted molar refractivity (Wildman–Crippen MR) is 107 cm³/mol. The minimum Gasteiger partial charge on any atom is -0.385 e. The van der Waals surface area contributed by atoms with Gasteiger partial charge >= 0.3 is 0 Å². The van der Waals surface area contributed by atoms with Crippen molar-refractivity contribution in [3.8, 4) is 0 Å². The highest BCUT2D eigenvalue weighted by molar-refractivity contribution is 7.98. The third-order valence-electron chi connectivity index (χ3n) is 4.75. The van der Waals surface area contributed by atoms with E-state index in [-0.39, 0.29) is 0 Å². The number of amidine groups is 1. The largest absolute Gasteiger partial charge is 0.385 e. The van der Waals surface area contributed by atoms with Crippen LogP contribution >= 0.6 is 11.9 Å². The molecular formula is C18H30N6S. The molecule has 0 spiro atoms. The molecule has 7 heteroatoms. The van der Waals surface area contributed by atoms with Crippen LogP contribution in [0.1, 0.15) is 45.1 Å². The highest BCUT2D eigenvalue weighted by Crippen LogP contribution is 2.26. The molecule has 1 fully saturated rings. The van der Waals surface area contributed by atoms with E-state index in [0.717, 1.165) is 23.9 Å². The Balaban J connectivity index is 1.41. The van der Waals surface area contributed by atoms with E-state index in [1.54, 1.807) is 0 Å². The van der Waals surface area contributed by atoms with E-state index in [9.17, 15) is 0 Å². The number of nitrogens with zero attached hydrogens (tertiary/aromatic N) is 2. The van der Waals surface area contributed by atoms with Crippen molar-refractivity contribution in [2.24, 2.45) is 11.0 Å². The van der Waals surface area contributed by atoms with E-state index < -0.39 is 0 Å². The zero-order valence-corrected chi connectivity index (χ0v) is 16.2. The molecule has 0 unspecified atom stereocenters. The van der Waals surface area contributed by atoms with E-state index in [4.69, 9.17) is 0 Å². The van der Waals surface area contributed by atoms with E-state index in [1.165, 1.54) is 31.4 Å². The molecule has 0 aromatic heterocycles. The van der Waals surface area contributed by atoms with Crippen molar-refractivity contribution in [1.29, 1.82) is 0 Å². The van der Waals surface area contributed by atoms with Crippen LogP contribution in [0, 0.1) is 5.92 Å². The molecule has 1 saturated carbocycles. The van der Waals surface area contributed by atoms with Crippen LogP contribution in [0.4, 0.5) is 5.69 Å². The van der Waals surface area contributed by atoms with E-state index >= 15 is 0 Å². The van der Waals surface area contributed by atoms with Crippen LogP contribution in [0.25, 0.3) is 0 Å². The van der Waals surface area contributed by atoms with Crippen molar-refractivity contribution >= 4 is 23.5 Å². The van der Waals surface area contributed by atoms with Gasteiger partial charge in [0, 0.05) is 36.1 Å². The Hall–Kier alpha value is -1.44. The fourth-order valence-corrected chi connectivity index (χ4v) is 3.96. The van der Waals surface area contributed by atoms with Crippen LogP contribution in [0.3, 0.4) is 0 Å². The molecule has 1 aliphatic heterocycles. The van der Waals surface area contributed by atoms with E-state index in [1.807, 2.05) is 24.0 Å². The quantitative estimate of drug-likeness (QED) is 0.560. The minimum absolute atomic E-state index is 0.656. The number of nitrogens with one attached hydrogen (secondary N) is 4. The van der Waals surface area contributed by atoms with Crippen molar-refractivity contribution < 1.29 is 0 Å². The van der Waals surface area contributed by atoms with Crippen LogP contribution in [-0.4, -0.2) is 35.7 Å². The molecular weight excluding hydrogens is 332 g/mol. The Morgan fingerprint density at radius 2 is 1.92 bits per heavy atom. The molecule has 1 aliphatic carbocycles. The SMILES string of the molecule is CC(C)SNC1CCC(CNc2ccc(C3=NNNN3C)cc2)CC1. The topological polar surface area (TPSA) is 63.7 Å². The van der Waals surface area contributed by atoms with Crippen LogP contribution in [0.15, 0.2) is 29.4 Å². The molecule has 2 aliphatic rings. The number of anilines is 1. The van der Waals surface area contributed by atoms with Gasteiger partial charge in [-0.05, 0) is 55.9 Å². The van der Waals surface area contributed by atoms with Crippen LogP contribution in [0.5, 0.6) is 0 Å². The van der Waals surface area contributed by atoms with E-state index in [0.29, 0.717) is 11.3 Å². The first-order valence-electron chi connectivity index (χ1n) is 9.19. The molecule has 138 valence electrons. The van der Waals surface area contributed by atoms with Crippen molar-refractivity contribution in [2.75, 3.05) is 18.9 Å². The van der Waals surface area contributed by atoms with Crippen LogP contribution in [-0.2, 0) is 0 Å². The number of benzene rings is 1. The lowest BCUT2D eigenvalue weighted by Crippen LogP contribution is -2.37. The summed E-state index contributed by atoms with van der Waals surface area (Å²) in [5, 5.41) is 10.3. The molecule has 6 nitrogen and oxygen atoms in total. The maximum Gasteiger partial charge on any atom is 0.172 e. The van der Waals surface area contributed by atoms with Crippen molar-refractivity contribution in [1.82, 2.24) is 20.8 Å². The molecule has 3 rings (SSSR count). The van der Waals surface area contributed by atoms with Crippen LogP contribution < -0.4 is 21.1 Å². The van der Waals surface area contributed by atoms with E-state index in [2.05, 4.69) is 64.3 Å². The summed E-state index contributed by atoms with van der Waals surface area (Å²) >= 11 is 1.87.